The first-order valence-electron chi connectivity index (χ1n) is 7.50. The van der Waals surface area contributed by atoms with Crippen molar-refractivity contribution in [1.29, 1.82) is 0 Å². The van der Waals surface area contributed by atoms with Gasteiger partial charge in [-0.25, -0.2) is 4.79 Å². The van der Waals surface area contributed by atoms with E-state index in [-0.39, 0.29) is 5.56 Å². The van der Waals surface area contributed by atoms with Crippen LogP contribution in [0.3, 0.4) is 0 Å². The largest absolute Gasteiger partial charge is 0.492 e. The van der Waals surface area contributed by atoms with E-state index in [4.69, 9.17) is 21.1 Å². The van der Waals surface area contributed by atoms with Crippen molar-refractivity contribution in [3.63, 3.8) is 0 Å². The summed E-state index contributed by atoms with van der Waals surface area (Å²) in [6, 6.07) is 13.4. The molecule has 0 unspecified atom stereocenters. The molecule has 1 atom stereocenters. The summed E-state index contributed by atoms with van der Waals surface area (Å²) in [5.41, 5.74) is 0.812. The number of rotatable bonds is 6. The van der Waals surface area contributed by atoms with Gasteiger partial charge < -0.3 is 14.8 Å². The Hall–Kier alpha value is -2.53. The number of carbonyl (C=O) groups excluding carboxylic acids is 2. The van der Waals surface area contributed by atoms with Crippen molar-refractivity contribution in [2.45, 2.75) is 20.0 Å². The fraction of sp³-hybridized carbons (Fsp3) is 0.222. The fourth-order valence-electron chi connectivity index (χ4n) is 1.98. The van der Waals surface area contributed by atoms with Gasteiger partial charge in [0.2, 0.25) is 0 Å². The molecule has 1 N–H and O–H groups in total. The minimum Gasteiger partial charge on any atom is -0.492 e. The molecule has 0 bridgehead atoms. The number of esters is 1. The number of carbonyl (C=O) groups is 2. The number of halogens is 1. The zero-order valence-electron chi connectivity index (χ0n) is 13.4. The second kappa shape index (κ2) is 8.36. The summed E-state index contributed by atoms with van der Waals surface area (Å²) in [5.74, 6) is -0.502. The van der Waals surface area contributed by atoms with Crippen molar-refractivity contribution in [2.24, 2.45) is 0 Å². The van der Waals surface area contributed by atoms with Crippen LogP contribution in [0, 0.1) is 0 Å². The van der Waals surface area contributed by atoms with Crippen LogP contribution in [0.1, 0.15) is 24.2 Å². The highest BCUT2D eigenvalue weighted by atomic mass is 35.5. The highest BCUT2D eigenvalue weighted by Gasteiger charge is 2.20. The van der Waals surface area contributed by atoms with Crippen LogP contribution >= 0.6 is 11.6 Å². The van der Waals surface area contributed by atoms with Crippen molar-refractivity contribution < 1.29 is 19.1 Å². The Morgan fingerprint density at radius 2 is 1.92 bits per heavy atom. The standard InChI is InChI=1S/C18H18ClNO4/c1-3-23-16-10-5-4-9-15(16)20-17(21)12(2)24-18(22)13-7-6-8-14(19)11-13/h4-12H,3H2,1-2H3,(H,20,21)/t12-/m1/s1. The Morgan fingerprint density at radius 1 is 1.17 bits per heavy atom. The van der Waals surface area contributed by atoms with Gasteiger partial charge in [0.05, 0.1) is 17.9 Å². The van der Waals surface area contributed by atoms with Crippen LogP contribution in [0.4, 0.5) is 5.69 Å². The van der Waals surface area contributed by atoms with Crippen molar-refractivity contribution >= 4 is 29.2 Å². The number of para-hydroxylation sites is 2. The van der Waals surface area contributed by atoms with Gasteiger partial charge in [0, 0.05) is 5.02 Å². The first kappa shape index (κ1) is 17.8. The first-order chi connectivity index (χ1) is 11.5. The number of amides is 1. The minimum absolute atomic E-state index is 0.289. The predicted molar refractivity (Wildman–Crippen MR) is 92.6 cm³/mol. The summed E-state index contributed by atoms with van der Waals surface area (Å²) in [4.78, 5) is 24.3. The number of nitrogens with one attached hydrogen (secondary N) is 1. The van der Waals surface area contributed by atoms with E-state index in [0.717, 1.165) is 0 Å². The molecular formula is C18H18ClNO4. The average Bonchev–Trinajstić information content (AvgIpc) is 2.56. The Bertz CT molecular complexity index is 732. The lowest BCUT2D eigenvalue weighted by molar-refractivity contribution is -0.123. The molecule has 0 fully saturated rings. The van der Waals surface area contributed by atoms with E-state index in [1.165, 1.54) is 13.0 Å². The summed E-state index contributed by atoms with van der Waals surface area (Å²) in [5, 5.41) is 3.12. The molecule has 0 aliphatic carbocycles. The topological polar surface area (TPSA) is 64.6 Å². The molecule has 6 heteroatoms. The molecule has 5 nitrogen and oxygen atoms in total. The van der Waals surface area contributed by atoms with Crippen LogP contribution < -0.4 is 10.1 Å². The van der Waals surface area contributed by atoms with Gasteiger partial charge in [0.15, 0.2) is 6.10 Å². The summed E-state index contributed by atoms with van der Waals surface area (Å²) in [6.45, 7) is 3.83. The number of hydrogen-bond acceptors (Lipinski definition) is 4. The smallest absolute Gasteiger partial charge is 0.338 e. The summed E-state index contributed by atoms with van der Waals surface area (Å²) in [6.07, 6.45) is -0.967. The molecule has 0 aliphatic rings. The zero-order chi connectivity index (χ0) is 17.5. The molecule has 0 spiro atoms. The van der Waals surface area contributed by atoms with E-state index >= 15 is 0 Å². The van der Waals surface area contributed by atoms with E-state index in [1.54, 1.807) is 36.4 Å². The second-order valence-corrected chi connectivity index (χ2v) is 5.41. The van der Waals surface area contributed by atoms with Gasteiger partial charge in [-0.3, -0.25) is 4.79 Å². The summed E-state index contributed by atoms with van der Waals surface area (Å²) in [7, 11) is 0. The fourth-order valence-corrected chi connectivity index (χ4v) is 2.17. The monoisotopic (exact) mass is 347 g/mol. The molecule has 2 rings (SSSR count). The lowest BCUT2D eigenvalue weighted by Crippen LogP contribution is -2.30. The first-order valence-corrected chi connectivity index (χ1v) is 7.88. The molecule has 0 aromatic heterocycles. The molecule has 126 valence electrons. The molecule has 0 aliphatic heterocycles. The van der Waals surface area contributed by atoms with Gasteiger partial charge in [-0.05, 0) is 44.2 Å². The van der Waals surface area contributed by atoms with Crippen LogP contribution in [-0.4, -0.2) is 24.6 Å². The molecule has 0 saturated carbocycles. The maximum atomic E-state index is 12.2. The van der Waals surface area contributed by atoms with E-state index in [1.807, 2.05) is 13.0 Å². The second-order valence-electron chi connectivity index (χ2n) is 4.98. The van der Waals surface area contributed by atoms with Gasteiger partial charge in [0.1, 0.15) is 5.75 Å². The van der Waals surface area contributed by atoms with Crippen molar-refractivity contribution in [2.75, 3.05) is 11.9 Å². The van der Waals surface area contributed by atoms with E-state index in [2.05, 4.69) is 5.32 Å². The molecule has 0 heterocycles. The molecule has 2 aromatic carbocycles. The normalized spacial score (nSPS) is 11.5. The van der Waals surface area contributed by atoms with Crippen molar-refractivity contribution in [1.82, 2.24) is 0 Å². The number of hydrogen-bond donors (Lipinski definition) is 1. The van der Waals surface area contributed by atoms with Crippen LogP contribution in [0.5, 0.6) is 5.75 Å². The van der Waals surface area contributed by atoms with Crippen LogP contribution in [0.2, 0.25) is 5.02 Å². The van der Waals surface area contributed by atoms with Crippen LogP contribution in [-0.2, 0) is 9.53 Å². The Balaban J connectivity index is 2.01. The van der Waals surface area contributed by atoms with E-state index in [0.29, 0.717) is 23.1 Å². The molecule has 0 saturated heterocycles. The summed E-state index contributed by atoms with van der Waals surface area (Å²) >= 11 is 5.84. The van der Waals surface area contributed by atoms with E-state index in [9.17, 15) is 9.59 Å². The highest BCUT2D eigenvalue weighted by Crippen LogP contribution is 2.24. The van der Waals surface area contributed by atoms with Crippen LogP contribution in [0.25, 0.3) is 0 Å². The number of benzene rings is 2. The molecular weight excluding hydrogens is 330 g/mol. The average molecular weight is 348 g/mol. The number of anilines is 1. The van der Waals surface area contributed by atoms with Crippen LogP contribution in [0.15, 0.2) is 48.5 Å². The predicted octanol–water partition coefficient (Wildman–Crippen LogP) is 3.92. The maximum absolute atomic E-state index is 12.2. The Kier molecular flexibility index (Phi) is 6.21. The minimum atomic E-state index is -0.967. The Morgan fingerprint density at radius 3 is 2.62 bits per heavy atom. The third kappa shape index (κ3) is 4.73. The number of ether oxygens (including phenoxy) is 2. The zero-order valence-corrected chi connectivity index (χ0v) is 14.2. The molecule has 1 amide bonds. The summed E-state index contributed by atoms with van der Waals surface area (Å²) < 4.78 is 10.6. The molecule has 2 aromatic rings. The van der Waals surface area contributed by atoms with Gasteiger partial charge in [-0.15, -0.1) is 0 Å². The van der Waals surface area contributed by atoms with Gasteiger partial charge in [-0.1, -0.05) is 29.8 Å². The third-order valence-electron chi connectivity index (χ3n) is 3.16. The quantitative estimate of drug-likeness (QED) is 0.804. The van der Waals surface area contributed by atoms with Gasteiger partial charge >= 0.3 is 5.97 Å². The lowest BCUT2D eigenvalue weighted by Gasteiger charge is -2.15. The highest BCUT2D eigenvalue weighted by molar-refractivity contribution is 6.30. The molecule has 24 heavy (non-hydrogen) atoms. The maximum Gasteiger partial charge on any atom is 0.338 e. The Labute approximate surface area is 145 Å². The van der Waals surface area contributed by atoms with Gasteiger partial charge in [0.25, 0.3) is 5.91 Å². The van der Waals surface area contributed by atoms with Crippen molar-refractivity contribution in [3.8, 4) is 5.75 Å². The lowest BCUT2D eigenvalue weighted by atomic mass is 10.2. The SMILES string of the molecule is CCOc1ccccc1NC(=O)[C@@H](C)OC(=O)c1cccc(Cl)c1. The van der Waals surface area contributed by atoms with E-state index < -0.39 is 18.0 Å². The van der Waals surface area contributed by atoms with Crippen molar-refractivity contribution in [3.05, 3.63) is 59.1 Å². The molecule has 0 radical (unpaired) electrons. The third-order valence-corrected chi connectivity index (χ3v) is 3.39. The van der Waals surface area contributed by atoms with Gasteiger partial charge in [-0.2, -0.15) is 0 Å².